The third-order valence-electron chi connectivity index (χ3n) is 4.51. The first-order chi connectivity index (χ1) is 12.8. The molecule has 6 nitrogen and oxygen atoms in total. The Morgan fingerprint density at radius 1 is 1.33 bits per heavy atom. The molecule has 1 aliphatic heterocycles. The number of aryl methyl sites for hydroxylation is 1. The largest absolute Gasteiger partial charge is 0.387 e. The van der Waals surface area contributed by atoms with Gasteiger partial charge >= 0.3 is 0 Å². The molecule has 0 spiro atoms. The highest BCUT2D eigenvalue weighted by molar-refractivity contribution is 7.91. The van der Waals surface area contributed by atoms with E-state index in [1.807, 2.05) is 6.92 Å². The molecule has 2 unspecified atom stereocenters. The summed E-state index contributed by atoms with van der Waals surface area (Å²) in [6.45, 7) is 2.04. The number of benzene rings is 1. The first-order valence-corrected chi connectivity index (χ1v) is 10.8. The number of rotatable bonds is 6. The lowest BCUT2D eigenvalue weighted by atomic mass is 10.1. The smallest absolute Gasteiger partial charge is 0.253 e. The molecule has 1 amide bonds. The van der Waals surface area contributed by atoms with Crippen LogP contribution in [0.15, 0.2) is 40.6 Å². The number of nitrogens with zero attached hydrogens (tertiary/aromatic N) is 1. The lowest BCUT2D eigenvalue weighted by molar-refractivity contribution is -0.124. The summed E-state index contributed by atoms with van der Waals surface area (Å²) in [4.78, 5) is 13.4. The van der Waals surface area contributed by atoms with Crippen molar-refractivity contribution in [1.29, 1.82) is 0 Å². The number of aliphatic hydroxyl groups is 1. The Morgan fingerprint density at radius 3 is 2.67 bits per heavy atom. The van der Waals surface area contributed by atoms with Gasteiger partial charge in [-0.15, -0.1) is 11.3 Å². The molecule has 2 heterocycles. The number of amides is 1. The highest BCUT2D eigenvalue weighted by atomic mass is 32.2. The number of hydrogen-bond donors (Lipinski definition) is 2. The van der Waals surface area contributed by atoms with Crippen molar-refractivity contribution in [2.24, 2.45) is 0 Å². The second kappa shape index (κ2) is 8.05. The van der Waals surface area contributed by atoms with Crippen LogP contribution in [0.3, 0.4) is 0 Å². The Bertz CT molecular complexity index is 912. The highest BCUT2D eigenvalue weighted by Gasteiger charge is 2.40. The molecule has 1 aromatic carbocycles. The molecular weight excluding hydrogens is 391 g/mol. The van der Waals surface area contributed by atoms with E-state index in [9.17, 15) is 22.7 Å². The van der Waals surface area contributed by atoms with Crippen molar-refractivity contribution in [3.8, 4) is 0 Å². The van der Waals surface area contributed by atoms with E-state index in [0.717, 1.165) is 4.88 Å². The summed E-state index contributed by atoms with van der Waals surface area (Å²) >= 11 is 1.18. The lowest BCUT2D eigenvalue weighted by Gasteiger charge is -2.23. The maximum atomic E-state index is 13.0. The van der Waals surface area contributed by atoms with Crippen LogP contribution in [0.2, 0.25) is 0 Å². The van der Waals surface area contributed by atoms with Crippen LogP contribution in [-0.2, 0) is 14.8 Å². The summed E-state index contributed by atoms with van der Waals surface area (Å²) in [5.74, 6) is -0.851. The third-order valence-corrected chi connectivity index (χ3v) is 7.89. The maximum Gasteiger partial charge on any atom is 0.253 e. The fourth-order valence-corrected chi connectivity index (χ4v) is 6.14. The van der Waals surface area contributed by atoms with Gasteiger partial charge in [0.05, 0.1) is 6.10 Å². The summed E-state index contributed by atoms with van der Waals surface area (Å²) in [5, 5.41) is 12.8. The Labute approximate surface area is 161 Å². The van der Waals surface area contributed by atoms with Crippen LogP contribution in [0.5, 0.6) is 0 Å². The number of nitrogens with one attached hydrogen (secondary N) is 1. The standard InChI is InChI=1S/C18H21FN2O4S2/c1-12-4-9-17(26-12)27(24,25)21-10-2-3-15(21)18(23)20-11-16(22)13-5-7-14(19)8-6-13/h4-9,15-16,22H,2-3,10-11H2,1H3,(H,20,23). The second-order valence-corrected chi connectivity index (χ2v) is 9.86. The van der Waals surface area contributed by atoms with E-state index in [0.29, 0.717) is 18.4 Å². The van der Waals surface area contributed by atoms with Gasteiger partial charge in [0.15, 0.2) is 0 Å². The number of thiophene rings is 1. The molecule has 2 atom stereocenters. The van der Waals surface area contributed by atoms with Crippen molar-refractivity contribution in [1.82, 2.24) is 9.62 Å². The monoisotopic (exact) mass is 412 g/mol. The van der Waals surface area contributed by atoms with Gasteiger partial charge in [0.25, 0.3) is 10.0 Å². The molecule has 27 heavy (non-hydrogen) atoms. The minimum Gasteiger partial charge on any atom is -0.387 e. The normalized spacial score (nSPS) is 19.1. The summed E-state index contributed by atoms with van der Waals surface area (Å²) in [5.41, 5.74) is 0.474. The van der Waals surface area contributed by atoms with Gasteiger partial charge in [-0.3, -0.25) is 4.79 Å². The quantitative estimate of drug-likeness (QED) is 0.762. The zero-order valence-corrected chi connectivity index (χ0v) is 16.4. The number of carbonyl (C=O) groups excluding carboxylic acids is 1. The van der Waals surface area contributed by atoms with Gasteiger partial charge in [-0.2, -0.15) is 4.31 Å². The SMILES string of the molecule is Cc1ccc(S(=O)(=O)N2CCCC2C(=O)NCC(O)c2ccc(F)cc2)s1. The average molecular weight is 413 g/mol. The van der Waals surface area contributed by atoms with Crippen molar-refractivity contribution in [2.75, 3.05) is 13.1 Å². The van der Waals surface area contributed by atoms with E-state index in [2.05, 4.69) is 5.32 Å². The number of halogens is 1. The number of carbonyl (C=O) groups is 1. The van der Waals surface area contributed by atoms with Gasteiger partial charge in [0.2, 0.25) is 5.91 Å². The van der Waals surface area contributed by atoms with Crippen LogP contribution in [0.25, 0.3) is 0 Å². The van der Waals surface area contributed by atoms with Gasteiger partial charge in [0.1, 0.15) is 16.1 Å². The molecule has 1 fully saturated rings. The summed E-state index contributed by atoms with van der Waals surface area (Å²) in [7, 11) is -3.72. The Balaban J connectivity index is 1.66. The fourth-order valence-electron chi connectivity index (χ4n) is 3.07. The molecular formula is C18H21FN2O4S2. The average Bonchev–Trinajstić information content (AvgIpc) is 3.29. The molecule has 0 radical (unpaired) electrons. The summed E-state index contributed by atoms with van der Waals surface area (Å²) in [6.07, 6.45) is 0.0329. The van der Waals surface area contributed by atoms with E-state index in [1.165, 1.54) is 39.9 Å². The molecule has 0 bridgehead atoms. The minimum atomic E-state index is -3.72. The van der Waals surface area contributed by atoms with E-state index in [-0.39, 0.29) is 17.3 Å². The molecule has 0 saturated carbocycles. The fraction of sp³-hybridized carbons (Fsp3) is 0.389. The van der Waals surface area contributed by atoms with E-state index >= 15 is 0 Å². The van der Waals surface area contributed by atoms with Crippen LogP contribution in [0.1, 0.15) is 29.4 Å². The summed E-state index contributed by atoms with van der Waals surface area (Å²) < 4.78 is 40.1. The molecule has 0 aliphatic carbocycles. The van der Waals surface area contributed by atoms with Gasteiger partial charge in [0, 0.05) is 18.0 Å². The lowest BCUT2D eigenvalue weighted by Crippen LogP contribution is -2.46. The first-order valence-electron chi connectivity index (χ1n) is 8.58. The zero-order valence-electron chi connectivity index (χ0n) is 14.8. The van der Waals surface area contributed by atoms with Crippen molar-refractivity contribution in [3.63, 3.8) is 0 Å². The highest BCUT2D eigenvalue weighted by Crippen LogP contribution is 2.30. The molecule has 146 valence electrons. The molecule has 2 aromatic rings. The molecule has 1 saturated heterocycles. The number of hydrogen-bond acceptors (Lipinski definition) is 5. The second-order valence-electron chi connectivity index (χ2n) is 6.45. The molecule has 9 heteroatoms. The topological polar surface area (TPSA) is 86.7 Å². The first kappa shape index (κ1) is 19.9. The number of aliphatic hydroxyl groups excluding tert-OH is 1. The van der Waals surface area contributed by atoms with Crippen molar-refractivity contribution >= 4 is 27.3 Å². The number of sulfonamides is 1. The van der Waals surface area contributed by atoms with E-state index in [1.54, 1.807) is 12.1 Å². The zero-order chi connectivity index (χ0) is 19.6. The Hall–Kier alpha value is -1.81. The van der Waals surface area contributed by atoms with Crippen molar-refractivity contribution in [2.45, 2.75) is 36.1 Å². The maximum absolute atomic E-state index is 13.0. The van der Waals surface area contributed by atoms with E-state index in [4.69, 9.17) is 0 Å². The third kappa shape index (κ3) is 4.37. The van der Waals surface area contributed by atoms with E-state index < -0.39 is 33.9 Å². The van der Waals surface area contributed by atoms with Crippen LogP contribution < -0.4 is 5.32 Å². The predicted octanol–water partition coefficient (Wildman–Crippen LogP) is 2.20. The van der Waals surface area contributed by atoms with Gasteiger partial charge < -0.3 is 10.4 Å². The van der Waals surface area contributed by atoms with Gasteiger partial charge in [-0.25, -0.2) is 12.8 Å². The predicted molar refractivity (Wildman–Crippen MR) is 100 cm³/mol. The van der Waals surface area contributed by atoms with Crippen LogP contribution >= 0.6 is 11.3 Å². The summed E-state index contributed by atoms with van der Waals surface area (Å²) in [6, 6.07) is 7.85. The van der Waals surface area contributed by atoms with Crippen LogP contribution in [0, 0.1) is 12.7 Å². The van der Waals surface area contributed by atoms with Crippen molar-refractivity contribution in [3.05, 3.63) is 52.7 Å². The van der Waals surface area contributed by atoms with Crippen molar-refractivity contribution < 1.29 is 22.7 Å². The molecule has 1 aliphatic rings. The molecule has 1 aromatic heterocycles. The molecule has 3 rings (SSSR count). The minimum absolute atomic E-state index is 0.0764. The van der Waals surface area contributed by atoms with Crippen LogP contribution in [0.4, 0.5) is 4.39 Å². The molecule has 2 N–H and O–H groups in total. The van der Waals surface area contributed by atoms with Gasteiger partial charge in [-0.05, 0) is 49.6 Å². The Kier molecular flexibility index (Phi) is 5.95. The Morgan fingerprint density at radius 2 is 2.04 bits per heavy atom. The van der Waals surface area contributed by atoms with Gasteiger partial charge in [-0.1, -0.05) is 12.1 Å². The van der Waals surface area contributed by atoms with Crippen LogP contribution in [-0.4, -0.2) is 42.9 Å².